The molecule has 2 aliphatic heterocycles. The summed E-state index contributed by atoms with van der Waals surface area (Å²) in [6.45, 7) is 3.93. The van der Waals surface area contributed by atoms with Gasteiger partial charge in [0.05, 0.1) is 11.7 Å². The van der Waals surface area contributed by atoms with Crippen molar-refractivity contribution in [3.8, 4) is 5.75 Å². The van der Waals surface area contributed by atoms with Gasteiger partial charge >= 0.3 is 0 Å². The number of rotatable bonds is 3. The third-order valence-electron chi connectivity index (χ3n) is 6.47. The molecule has 2 saturated heterocycles. The lowest BCUT2D eigenvalue weighted by Crippen LogP contribution is -2.52. The first kappa shape index (κ1) is 17.8. The average molecular weight is 357 g/mol. The van der Waals surface area contributed by atoms with Crippen LogP contribution in [0.25, 0.3) is 0 Å². The Balaban J connectivity index is 1.48. The monoisotopic (exact) mass is 356 g/mol. The second kappa shape index (κ2) is 7.99. The highest BCUT2D eigenvalue weighted by Crippen LogP contribution is 2.37. The topological polar surface area (TPSA) is 41.6 Å². The molecule has 1 spiro atoms. The number of piperidine rings is 2. The molecule has 142 valence electrons. The zero-order chi connectivity index (χ0) is 17.8. The van der Waals surface area contributed by atoms with Crippen molar-refractivity contribution >= 4 is 5.91 Å². The maximum absolute atomic E-state index is 13.3. The third-order valence-corrected chi connectivity index (χ3v) is 6.47. The molecule has 1 N–H and O–H groups in total. The van der Waals surface area contributed by atoms with Crippen LogP contribution >= 0.6 is 0 Å². The molecule has 0 bridgehead atoms. The van der Waals surface area contributed by atoms with E-state index in [-0.39, 0.29) is 17.4 Å². The molecule has 1 aromatic carbocycles. The Bertz CT molecular complexity index is 613. The van der Waals surface area contributed by atoms with Crippen LogP contribution in [0.1, 0.15) is 68.1 Å². The standard InChI is InChI=1S/C22H32N2O2/c25-21(24-15-7-13-22(17-24)12-6-14-23-16-22)19-10-4-5-11-20(19)26-18-8-2-1-3-9-18/h4-5,10-11,18,23H,1-3,6-9,12-17H2. The SMILES string of the molecule is O=C(c1ccccc1OC1CCCCC1)N1CCCC2(CCCNC2)C1. The van der Waals surface area contributed by atoms with Gasteiger partial charge in [0, 0.05) is 25.0 Å². The van der Waals surface area contributed by atoms with Crippen LogP contribution in [0.5, 0.6) is 5.75 Å². The van der Waals surface area contributed by atoms with Gasteiger partial charge in [0.2, 0.25) is 0 Å². The summed E-state index contributed by atoms with van der Waals surface area (Å²) in [6.07, 6.45) is 11.1. The van der Waals surface area contributed by atoms with Gasteiger partial charge in [0.1, 0.15) is 5.75 Å². The number of nitrogens with zero attached hydrogens (tertiary/aromatic N) is 1. The molecule has 3 fully saturated rings. The highest BCUT2D eigenvalue weighted by atomic mass is 16.5. The molecule has 4 nitrogen and oxygen atoms in total. The van der Waals surface area contributed by atoms with E-state index in [1.54, 1.807) is 0 Å². The first-order valence-electron chi connectivity index (χ1n) is 10.5. The molecule has 1 aromatic rings. The van der Waals surface area contributed by atoms with E-state index in [0.29, 0.717) is 0 Å². The Hall–Kier alpha value is -1.55. The summed E-state index contributed by atoms with van der Waals surface area (Å²) < 4.78 is 6.28. The predicted molar refractivity (Wildman–Crippen MR) is 104 cm³/mol. The van der Waals surface area contributed by atoms with Gasteiger partial charge in [0.15, 0.2) is 0 Å². The number of para-hydroxylation sites is 1. The lowest BCUT2D eigenvalue weighted by Gasteiger charge is -2.45. The molecular weight excluding hydrogens is 324 g/mol. The lowest BCUT2D eigenvalue weighted by molar-refractivity contribution is 0.0427. The summed E-state index contributed by atoms with van der Waals surface area (Å²) in [6, 6.07) is 7.87. The van der Waals surface area contributed by atoms with Gasteiger partial charge in [-0.2, -0.15) is 0 Å². The van der Waals surface area contributed by atoms with E-state index in [9.17, 15) is 4.79 Å². The van der Waals surface area contributed by atoms with Crippen molar-refractivity contribution < 1.29 is 9.53 Å². The molecule has 4 heteroatoms. The van der Waals surface area contributed by atoms with Gasteiger partial charge in [-0.05, 0) is 70.0 Å². The normalized spacial score (nSPS) is 27.5. The Morgan fingerprint density at radius 1 is 1.08 bits per heavy atom. The van der Waals surface area contributed by atoms with Crippen molar-refractivity contribution in [1.82, 2.24) is 10.2 Å². The van der Waals surface area contributed by atoms with Crippen LogP contribution in [-0.2, 0) is 0 Å². The van der Waals surface area contributed by atoms with Crippen LogP contribution in [0.3, 0.4) is 0 Å². The van der Waals surface area contributed by atoms with Gasteiger partial charge in [0.25, 0.3) is 5.91 Å². The lowest BCUT2D eigenvalue weighted by atomic mass is 9.74. The number of hydrogen-bond acceptors (Lipinski definition) is 3. The first-order valence-corrected chi connectivity index (χ1v) is 10.5. The molecule has 0 aromatic heterocycles. The van der Waals surface area contributed by atoms with Crippen molar-refractivity contribution in [2.75, 3.05) is 26.2 Å². The molecule has 2 heterocycles. The number of benzene rings is 1. The summed E-state index contributed by atoms with van der Waals surface area (Å²) in [7, 11) is 0. The maximum Gasteiger partial charge on any atom is 0.257 e. The van der Waals surface area contributed by atoms with Crippen molar-refractivity contribution in [2.24, 2.45) is 5.41 Å². The van der Waals surface area contributed by atoms with Gasteiger partial charge in [-0.25, -0.2) is 0 Å². The molecule has 26 heavy (non-hydrogen) atoms. The Kier molecular flexibility index (Phi) is 5.49. The van der Waals surface area contributed by atoms with Crippen molar-refractivity contribution in [2.45, 2.75) is 63.9 Å². The summed E-state index contributed by atoms with van der Waals surface area (Å²) >= 11 is 0. The smallest absolute Gasteiger partial charge is 0.257 e. The first-order chi connectivity index (χ1) is 12.8. The quantitative estimate of drug-likeness (QED) is 0.890. The van der Waals surface area contributed by atoms with Gasteiger partial charge in [-0.3, -0.25) is 4.79 Å². The van der Waals surface area contributed by atoms with Crippen LogP contribution in [-0.4, -0.2) is 43.1 Å². The number of ether oxygens (including phenoxy) is 1. The van der Waals surface area contributed by atoms with E-state index in [4.69, 9.17) is 4.74 Å². The second-order valence-corrected chi connectivity index (χ2v) is 8.48. The van der Waals surface area contributed by atoms with Crippen LogP contribution in [0.2, 0.25) is 0 Å². The van der Waals surface area contributed by atoms with Gasteiger partial charge in [-0.15, -0.1) is 0 Å². The fourth-order valence-corrected chi connectivity index (χ4v) is 5.04. The highest BCUT2D eigenvalue weighted by molar-refractivity contribution is 5.97. The number of hydrogen-bond donors (Lipinski definition) is 1. The van der Waals surface area contributed by atoms with E-state index in [1.807, 2.05) is 24.3 Å². The molecule has 0 radical (unpaired) electrons. The minimum absolute atomic E-state index is 0.154. The molecule has 1 unspecified atom stereocenters. The zero-order valence-electron chi connectivity index (χ0n) is 15.8. The fraction of sp³-hybridized carbons (Fsp3) is 0.682. The zero-order valence-corrected chi connectivity index (χ0v) is 15.8. The van der Waals surface area contributed by atoms with Crippen molar-refractivity contribution in [3.63, 3.8) is 0 Å². The van der Waals surface area contributed by atoms with E-state index >= 15 is 0 Å². The largest absolute Gasteiger partial charge is 0.490 e. The van der Waals surface area contributed by atoms with E-state index in [0.717, 1.165) is 56.8 Å². The number of likely N-dealkylation sites (tertiary alicyclic amines) is 1. The summed E-state index contributed by atoms with van der Waals surface area (Å²) in [4.78, 5) is 15.4. The van der Waals surface area contributed by atoms with Crippen LogP contribution < -0.4 is 10.1 Å². The van der Waals surface area contributed by atoms with Crippen LogP contribution in [0, 0.1) is 5.41 Å². The van der Waals surface area contributed by atoms with E-state index < -0.39 is 0 Å². The number of nitrogens with one attached hydrogen (secondary N) is 1. The molecular formula is C22H32N2O2. The Morgan fingerprint density at radius 2 is 1.88 bits per heavy atom. The van der Waals surface area contributed by atoms with Crippen LogP contribution in [0.4, 0.5) is 0 Å². The van der Waals surface area contributed by atoms with Crippen molar-refractivity contribution in [1.29, 1.82) is 0 Å². The number of carbonyl (C=O) groups is 1. The van der Waals surface area contributed by atoms with E-state index in [1.165, 1.54) is 38.5 Å². The molecule has 3 aliphatic rings. The fourth-order valence-electron chi connectivity index (χ4n) is 5.04. The van der Waals surface area contributed by atoms with Crippen LogP contribution in [0.15, 0.2) is 24.3 Å². The Morgan fingerprint density at radius 3 is 2.69 bits per heavy atom. The highest BCUT2D eigenvalue weighted by Gasteiger charge is 2.38. The minimum Gasteiger partial charge on any atom is -0.490 e. The molecule has 1 amide bonds. The third kappa shape index (κ3) is 3.90. The number of carbonyl (C=O) groups excluding carboxylic acids is 1. The van der Waals surface area contributed by atoms with E-state index in [2.05, 4.69) is 10.2 Å². The molecule has 1 aliphatic carbocycles. The predicted octanol–water partition coefficient (Wildman–Crippen LogP) is 4.00. The summed E-state index contributed by atoms with van der Waals surface area (Å²) in [5.41, 5.74) is 1.03. The van der Waals surface area contributed by atoms with Gasteiger partial charge in [-0.1, -0.05) is 18.6 Å². The second-order valence-electron chi connectivity index (χ2n) is 8.48. The number of amides is 1. The van der Waals surface area contributed by atoms with Crippen molar-refractivity contribution in [3.05, 3.63) is 29.8 Å². The summed E-state index contributed by atoms with van der Waals surface area (Å²) in [5.74, 6) is 0.937. The summed E-state index contributed by atoms with van der Waals surface area (Å²) in [5, 5.41) is 3.55. The van der Waals surface area contributed by atoms with Gasteiger partial charge < -0.3 is 15.0 Å². The molecule has 4 rings (SSSR count). The Labute approximate surface area is 157 Å². The molecule has 1 atom stereocenters. The maximum atomic E-state index is 13.3. The molecule has 1 saturated carbocycles. The minimum atomic E-state index is 0.154. The average Bonchev–Trinajstić information content (AvgIpc) is 2.69.